The lowest BCUT2D eigenvalue weighted by atomic mass is 10.2. The maximum absolute atomic E-state index is 5.56. The van der Waals surface area contributed by atoms with Crippen molar-refractivity contribution in [2.75, 3.05) is 20.2 Å². The van der Waals surface area contributed by atoms with E-state index in [2.05, 4.69) is 29.1 Å². The highest BCUT2D eigenvalue weighted by Gasteiger charge is 2.16. The fourth-order valence-electron chi connectivity index (χ4n) is 1.84. The van der Waals surface area contributed by atoms with E-state index in [1.54, 1.807) is 7.05 Å². The van der Waals surface area contributed by atoms with Gasteiger partial charge in [-0.15, -0.1) is 0 Å². The van der Waals surface area contributed by atoms with Crippen molar-refractivity contribution >= 4 is 5.96 Å². The molecule has 1 unspecified atom stereocenters. The normalized spacial score (nSPS) is 22.5. The first kappa shape index (κ1) is 14.0. The lowest BCUT2D eigenvalue weighted by molar-refractivity contribution is 0.108. The number of aliphatic imine (C=N–C) groups is 1. The lowest BCUT2D eigenvalue weighted by Crippen LogP contribution is -2.34. The maximum atomic E-state index is 5.56. The Morgan fingerprint density at radius 3 is 3.00 bits per heavy atom. The van der Waals surface area contributed by atoms with Crippen LogP contribution in [-0.4, -0.2) is 38.3 Å². The highest BCUT2D eigenvalue weighted by Crippen LogP contribution is 2.11. The summed E-state index contributed by atoms with van der Waals surface area (Å²) in [5, 5.41) is 6.20. The maximum Gasteiger partial charge on any atom is 0.193 e. The molecule has 1 rings (SSSR count). The van der Waals surface area contributed by atoms with Crippen molar-refractivity contribution in [3.05, 3.63) is 12.3 Å². The Balaban J connectivity index is 2.19. The van der Waals surface area contributed by atoms with E-state index >= 15 is 0 Å². The number of nitrogens with two attached hydrogens (primary N) is 1. The third kappa shape index (κ3) is 5.70. The summed E-state index contributed by atoms with van der Waals surface area (Å²) in [5.41, 5.74) is 6.34. The van der Waals surface area contributed by atoms with Gasteiger partial charge < -0.3 is 21.1 Å². The third-order valence-electron chi connectivity index (χ3n) is 2.79. The Morgan fingerprint density at radius 2 is 2.41 bits per heavy atom. The second-order valence-corrected chi connectivity index (χ2v) is 4.46. The van der Waals surface area contributed by atoms with Crippen molar-refractivity contribution < 1.29 is 4.74 Å². The van der Waals surface area contributed by atoms with Crippen molar-refractivity contribution in [2.24, 2.45) is 10.7 Å². The van der Waals surface area contributed by atoms with Gasteiger partial charge in [-0.1, -0.05) is 6.58 Å². The molecule has 0 amide bonds. The highest BCUT2D eigenvalue weighted by atomic mass is 16.5. The Labute approximate surface area is 104 Å². The number of guanidine groups is 1. The molecule has 0 aliphatic carbocycles. The van der Waals surface area contributed by atoms with Crippen molar-refractivity contribution in [3.63, 3.8) is 0 Å². The van der Waals surface area contributed by atoms with Crippen LogP contribution in [0.25, 0.3) is 0 Å². The van der Waals surface area contributed by atoms with E-state index in [-0.39, 0.29) is 0 Å². The molecule has 0 spiro atoms. The van der Waals surface area contributed by atoms with Gasteiger partial charge in [-0.2, -0.15) is 0 Å². The summed E-state index contributed by atoms with van der Waals surface area (Å²) >= 11 is 0. The van der Waals surface area contributed by atoms with Gasteiger partial charge in [-0.05, 0) is 19.8 Å². The predicted molar refractivity (Wildman–Crippen MR) is 70.9 cm³/mol. The van der Waals surface area contributed by atoms with E-state index in [4.69, 9.17) is 10.5 Å². The Kier molecular flexibility index (Phi) is 6.00. The molecule has 0 saturated carbocycles. The van der Waals surface area contributed by atoms with E-state index in [0.717, 1.165) is 31.7 Å². The largest absolute Gasteiger partial charge is 0.377 e. The molecule has 1 aliphatic rings. The number of nitrogens with zero attached hydrogens (tertiary/aromatic N) is 1. The molecular weight excluding hydrogens is 216 g/mol. The number of nitrogens with one attached hydrogen (secondary N) is 2. The predicted octanol–water partition coefficient (Wildman–Crippen LogP) is 0.581. The Bertz CT molecular complexity index is 272. The minimum atomic E-state index is 0.333. The molecule has 2 atom stereocenters. The minimum absolute atomic E-state index is 0.333. The van der Waals surface area contributed by atoms with Crippen molar-refractivity contribution in [1.29, 1.82) is 0 Å². The summed E-state index contributed by atoms with van der Waals surface area (Å²) in [5.74, 6) is 0.404. The third-order valence-corrected chi connectivity index (χ3v) is 2.79. The first-order valence-electron chi connectivity index (χ1n) is 6.16. The first-order chi connectivity index (χ1) is 8.11. The van der Waals surface area contributed by atoms with Crippen LogP contribution in [0.4, 0.5) is 0 Å². The summed E-state index contributed by atoms with van der Waals surface area (Å²) in [6.45, 7) is 7.80. The van der Waals surface area contributed by atoms with Gasteiger partial charge >= 0.3 is 0 Å². The number of rotatable bonds is 6. The number of hydrogen-bond acceptors (Lipinski definition) is 3. The Morgan fingerprint density at radius 1 is 1.65 bits per heavy atom. The van der Waals surface area contributed by atoms with Crippen LogP contribution in [0.1, 0.15) is 26.2 Å². The van der Waals surface area contributed by atoms with Crippen LogP contribution in [0.5, 0.6) is 0 Å². The summed E-state index contributed by atoms with van der Waals surface area (Å²) in [6.07, 6.45) is 3.49. The van der Waals surface area contributed by atoms with Gasteiger partial charge in [0.25, 0.3) is 0 Å². The fraction of sp³-hybridized carbons (Fsp3) is 0.750. The van der Waals surface area contributed by atoms with Crippen LogP contribution in [0.3, 0.4) is 0 Å². The van der Waals surface area contributed by atoms with Crippen LogP contribution in [0.15, 0.2) is 17.3 Å². The Hall–Kier alpha value is -1.07. The molecule has 4 N–H and O–H groups in total. The molecule has 0 aromatic carbocycles. The van der Waals surface area contributed by atoms with E-state index < -0.39 is 0 Å². The molecule has 0 aromatic heterocycles. The molecule has 1 saturated heterocycles. The first-order valence-corrected chi connectivity index (χ1v) is 6.16. The second kappa shape index (κ2) is 7.29. The molecule has 0 bridgehead atoms. The number of ether oxygens (including phenoxy) is 1. The second-order valence-electron chi connectivity index (χ2n) is 4.46. The summed E-state index contributed by atoms with van der Waals surface area (Å²) < 4.78 is 5.55. The molecule has 98 valence electrons. The smallest absolute Gasteiger partial charge is 0.193 e. The van der Waals surface area contributed by atoms with Gasteiger partial charge in [0, 0.05) is 38.4 Å². The SMILES string of the molecule is C=C(CC(C)NC[C@@H]1CCCO1)/N=C(/N)NC. The molecule has 0 aromatic rings. The van der Waals surface area contributed by atoms with Crippen molar-refractivity contribution in [1.82, 2.24) is 10.6 Å². The van der Waals surface area contributed by atoms with Crippen LogP contribution in [0, 0.1) is 0 Å². The summed E-state index contributed by atoms with van der Waals surface area (Å²) in [7, 11) is 1.74. The van der Waals surface area contributed by atoms with E-state index in [1.165, 1.54) is 6.42 Å². The van der Waals surface area contributed by atoms with E-state index in [9.17, 15) is 0 Å². The van der Waals surface area contributed by atoms with Crippen LogP contribution in [0.2, 0.25) is 0 Å². The zero-order valence-corrected chi connectivity index (χ0v) is 10.8. The van der Waals surface area contributed by atoms with Crippen molar-refractivity contribution in [3.8, 4) is 0 Å². The summed E-state index contributed by atoms with van der Waals surface area (Å²) in [6, 6.07) is 0.333. The van der Waals surface area contributed by atoms with E-state index in [1.807, 2.05) is 0 Å². The zero-order chi connectivity index (χ0) is 12.7. The van der Waals surface area contributed by atoms with Gasteiger partial charge in [0.15, 0.2) is 5.96 Å². The van der Waals surface area contributed by atoms with Gasteiger partial charge in [-0.25, -0.2) is 4.99 Å². The topological polar surface area (TPSA) is 71.7 Å². The molecule has 5 heteroatoms. The van der Waals surface area contributed by atoms with Crippen molar-refractivity contribution in [2.45, 2.75) is 38.3 Å². The fourth-order valence-corrected chi connectivity index (χ4v) is 1.84. The monoisotopic (exact) mass is 240 g/mol. The van der Waals surface area contributed by atoms with Gasteiger partial charge in [-0.3, -0.25) is 0 Å². The average molecular weight is 240 g/mol. The molecule has 1 aliphatic heterocycles. The van der Waals surface area contributed by atoms with Crippen LogP contribution < -0.4 is 16.4 Å². The zero-order valence-electron chi connectivity index (χ0n) is 10.8. The van der Waals surface area contributed by atoms with E-state index in [0.29, 0.717) is 18.1 Å². The molecule has 1 heterocycles. The van der Waals surface area contributed by atoms with Gasteiger partial charge in [0.2, 0.25) is 0 Å². The van der Waals surface area contributed by atoms with Gasteiger partial charge in [0.1, 0.15) is 0 Å². The lowest BCUT2D eigenvalue weighted by Gasteiger charge is -2.16. The highest BCUT2D eigenvalue weighted by molar-refractivity contribution is 5.78. The van der Waals surface area contributed by atoms with Crippen LogP contribution in [-0.2, 0) is 4.74 Å². The molecule has 5 nitrogen and oxygen atoms in total. The standard InChI is InChI=1S/C12H24N4O/c1-9(7-10(2)16-12(13)14-3)15-8-11-5-4-6-17-11/h9,11,15H,2,4-8H2,1,3H3,(H3,13,14,16)/t9?,11-/m0/s1. The minimum Gasteiger partial charge on any atom is -0.377 e. The summed E-state index contributed by atoms with van der Waals surface area (Å²) in [4.78, 5) is 4.13. The number of hydrogen-bond donors (Lipinski definition) is 3. The molecule has 0 radical (unpaired) electrons. The van der Waals surface area contributed by atoms with Crippen LogP contribution >= 0.6 is 0 Å². The molecule has 17 heavy (non-hydrogen) atoms. The quantitative estimate of drug-likeness (QED) is 0.469. The molecule has 1 fully saturated rings. The van der Waals surface area contributed by atoms with Gasteiger partial charge in [0.05, 0.1) is 6.10 Å². The molecular formula is C12H24N4O. The average Bonchev–Trinajstić information content (AvgIpc) is 2.78.